The number of hydrogen-bond donors (Lipinski definition) is 1. The van der Waals surface area contributed by atoms with Crippen molar-refractivity contribution in [2.45, 2.75) is 37.9 Å². The minimum Gasteiger partial charge on any atom is -0.378 e. The first-order chi connectivity index (χ1) is 17.3. The van der Waals surface area contributed by atoms with Gasteiger partial charge in [-0.05, 0) is 49.1 Å². The third-order valence-electron chi connectivity index (χ3n) is 7.15. The molecule has 7 heteroatoms. The van der Waals surface area contributed by atoms with Gasteiger partial charge in [-0.1, -0.05) is 30.3 Å². The Morgan fingerprint density at radius 2 is 1.74 bits per heavy atom. The van der Waals surface area contributed by atoms with Gasteiger partial charge >= 0.3 is 0 Å². The number of anilines is 1. The second kappa shape index (κ2) is 11.5. The summed E-state index contributed by atoms with van der Waals surface area (Å²) < 4.78 is 7.51. The van der Waals surface area contributed by atoms with Crippen LogP contribution in [0.2, 0.25) is 0 Å². The summed E-state index contributed by atoms with van der Waals surface area (Å²) in [5.74, 6) is 0.102. The maximum absolute atomic E-state index is 12.7. The Kier molecular flexibility index (Phi) is 7.75. The third-order valence-corrected chi connectivity index (χ3v) is 7.15. The van der Waals surface area contributed by atoms with Crippen LogP contribution in [0.4, 0.5) is 5.69 Å². The van der Waals surface area contributed by atoms with Gasteiger partial charge in [-0.3, -0.25) is 4.79 Å². The number of amides is 1. The van der Waals surface area contributed by atoms with Gasteiger partial charge in [0.15, 0.2) is 0 Å². The number of piperidine rings is 1. The van der Waals surface area contributed by atoms with Crippen LogP contribution < -0.4 is 10.2 Å². The van der Waals surface area contributed by atoms with Gasteiger partial charge in [0.05, 0.1) is 19.5 Å². The summed E-state index contributed by atoms with van der Waals surface area (Å²) in [7, 11) is 0. The maximum Gasteiger partial charge on any atom is 0.254 e. The van der Waals surface area contributed by atoms with Crippen LogP contribution in [0.5, 0.6) is 0 Å². The zero-order valence-corrected chi connectivity index (χ0v) is 20.3. The van der Waals surface area contributed by atoms with Crippen molar-refractivity contribution >= 4 is 11.6 Å². The van der Waals surface area contributed by atoms with Crippen LogP contribution in [-0.2, 0) is 11.3 Å². The van der Waals surface area contributed by atoms with Crippen molar-refractivity contribution in [1.82, 2.24) is 19.8 Å². The summed E-state index contributed by atoms with van der Waals surface area (Å²) in [4.78, 5) is 21.2. The van der Waals surface area contributed by atoms with Gasteiger partial charge in [-0.15, -0.1) is 0 Å². The van der Waals surface area contributed by atoms with Crippen LogP contribution in [0, 0.1) is 0 Å². The lowest BCUT2D eigenvalue weighted by molar-refractivity contribution is 0.0303. The number of nitrogens with zero attached hydrogens (tertiary/aromatic N) is 4. The lowest BCUT2D eigenvalue weighted by Crippen LogP contribution is -2.44. The second-order valence-corrected chi connectivity index (χ2v) is 9.43. The number of aromatic nitrogens is 2. The van der Waals surface area contributed by atoms with Crippen LogP contribution in [0.25, 0.3) is 0 Å². The third kappa shape index (κ3) is 6.10. The number of nitrogens with one attached hydrogen (secondary N) is 1. The van der Waals surface area contributed by atoms with Crippen molar-refractivity contribution in [3.05, 3.63) is 84.4 Å². The number of imidazole rings is 1. The van der Waals surface area contributed by atoms with Crippen LogP contribution >= 0.6 is 0 Å². The maximum atomic E-state index is 12.7. The molecule has 1 aromatic heterocycles. The average Bonchev–Trinajstić information content (AvgIpc) is 3.46. The largest absolute Gasteiger partial charge is 0.378 e. The van der Waals surface area contributed by atoms with Crippen LogP contribution in [0.1, 0.15) is 41.2 Å². The number of carbonyl (C=O) groups is 1. The van der Waals surface area contributed by atoms with Crippen molar-refractivity contribution in [1.29, 1.82) is 0 Å². The van der Waals surface area contributed by atoms with Crippen LogP contribution in [-0.4, -0.2) is 65.8 Å². The fourth-order valence-electron chi connectivity index (χ4n) is 5.08. The highest BCUT2D eigenvalue weighted by Gasteiger charge is 2.24. The second-order valence-electron chi connectivity index (χ2n) is 9.43. The molecule has 2 fully saturated rings. The Morgan fingerprint density at radius 1 is 1.00 bits per heavy atom. The Hall–Kier alpha value is -3.16. The minimum atomic E-state index is 0.102. The first-order valence-electron chi connectivity index (χ1n) is 12.7. The van der Waals surface area contributed by atoms with E-state index in [0.29, 0.717) is 38.4 Å². The number of benzene rings is 2. The Bertz CT molecular complexity index is 1040. The molecule has 3 aromatic rings. The molecule has 2 aliphatic rings. The molecule has 0 spiro atoms. The number of aryl methyl sites for hydroxylation is 1. The van der Waals surface area contributed by atoms with Crippen molar-refractivity contribution in [3.63, 3.8) is 0 Å². The number of rotatable bonds is 8. The van der Waals surface area contributed by atoms with Gasteiger partial charge in [0.2, 0.25) is 0 Å². The summed E-state index contributed by atoms with van der Waals surface area (Å²) in [5, 5.41) is 3.95. The van der Waals surface area contributed by atoms with E-state index in [9.17, 15) is 4.79 Å². The molecule has 35 heavy (non-hydrogen) atoms. The Labute approximate surface area is 207 Å². The SMILES string of the molecule is O=C(c1ccc(N2CCC(N[C@@H](CCn3ccnc3)c3ccccc3)CC2)cc1)N1CCOCC1. The van der Waals surface area contributed by atoms with E-state index in [-0.39, 0.29) is 5.91 Å². The summed E-state index contributed by atoms with van der Waals surface area (Å²) in [6, 6.07) is 19.7. The van der Waals surface area contributed by atoms with E-state index in [4.69, 9.17) is 4.74 Å². The Balaban J connectivity index is 1.15. The van der Waals surface area contributed by atoms with Crippen LogP contribution in [0.15, 0.2) is 73.3 Å². The molecule has 5 rings (SSSR count). The topological polar surface area (TPSA) is 62.6 Å². The van der Waals surface area contributed by atoms with Crippen molar-refractivity contribution in [3.8, 4) is 0 Å². The summed E-state index contributed by atoms with van der Waals surface area (Å²) in [6.45, 7) is 5.57. The van der Waals surface area contributed by atoms with E-state index in [1.165, 1.54) is 11.3 Å². The zero-order valence-electron chi connectivity index (χ0n) is 20.3. The standard InChI is InChI=1S/C28H35N5O2/c34-28(33-18-20-35-21-19-33)24-6-8-26(9-7-24)32-15-10-25(11-16-32)30-27(23-4-2-1-3-5-23)12-14-31-17-13-29-22-31/h1-9,13,17,22,25,27,30H,10-12,14-16,18-21H2/t27-/m0/s1. The summed E-state index contributed by atoms with van der Waals surface area (Å²) in [6.07, 6.45) is 8.98. The number of carbonyl (C=O) groups excluding carboxylic acids is 1. The molecule has 0 saturated carbocycles. The molecule has 3 heterocycles. The quantitative estimate of drug-likeness (QED) is 0.540. The number of morpholine rings is 1. The molecule has 2 aromatic carbocycles. The molecule has 7 nitrogen and oxygen atoms in total. The smallest absolute Gasteiger partial charge is 0.254 e. The highest BCUT2D eigenvalue weighted by atomic mass is 16.5. The van der Waals surface area contributed by atoms with E-state index in [0.717, 1.165) is 44.5 Å². The molecule has 0 bridgehead atoms. The molecular formula is C28H35N5O2. The van der Waals surface area contributed by atoms with Crippen molar-refractivity contribution in [2.24, 2.45) is 0 Å². The van der Waals surface area contributed by atoms with Gasteiger partial charge in [0.25, 0.3) is 5.91 Å². The van der Waals surface area contributed by atoms with E-state index in [2.05, 4.69) is 62.2 Å². The fraction of sp³-hybridized carbons (Fsp3) is 0.429. The first-order valence-corrected chi connectivity index (χ1v) is 12.7. The van der Waals surface area contributed by atoms with E-state index in [1.807, 2.05) is 35.8 Å². The highest BCUT2D eigenvalue weighted by molar-refractivity contribution is 5.94. The molecular weight excluding hydrogens is 438 g/mol. The zero-order chi connectivity index (χ0) is 23.9. The molecule has 1 N–H and O–H groups in total. The number of ether oxygens (including phenoxy) is 1. The van der Waals surface area contributed by atoms with Gasteiger partial charge < -0.3 is 24.4 Å². The molecule has 184 valence electrons. The average molecular weight is 474 g/mol. The summed E-state index contributed by atoms with van der Waals surface area (Å²) in [5.41, 5.74) is 3.30. The fourth-order valence-corrected chi connectivity index (χ4v) is 5.08. The lowest BCUT2D eigenvalue weighted by Gasteiger charge is -2.36. The predicted octanol–water partition coefficient (Wildman–Crippen LogP) is 3.75. The molecule has 2 aliphatic heterocycles. The monoisotopic (exact) mass is 473 g/mol. The molecule has 0 radical (unpaired) electrons. The predicted molar refractivity (Wildman–Crippen MR) is 138 cm³/mol. The molecule has 2 saturated heterocycles. The molecule has 1 amide bonds. The molecule has 0 aliphatic carbocycles. The Morgan fingerprint density at radius 3 is 2.43 bits per heavy atom. The number of hydrogen-bond acceptors (Lipinski definition) is 5. The van der Waals surface area contributed by atoms with Gasteiger partial charge in [0, 0.05) is 68.5 Å². The van der Waals surface area contributed by atoms with Gasteiger partial charge in [0.1, 0.15) is 0 Å². The van der Waals surface area contributed by atoms with Gasteiger partial charge in [-0.2, -0.15) is 0 Å². The normalized spacial score (nSPS) is 17.9. The van der Waals surface area contributed by atoms with E-state index in [1.54, 1.807) is 0 Å². The van der Waals surface area contributed by atoms with Crippen molar-refractivity contribution < 1.29 is 9.53 Å². The van der Waals surface area contributed by atoms with Crippen molar-refractivity contribution in [2.75, 3.05) is 44.3 Å². The van der Waals surface area contributed by atoms with E-state index < -0.39 is 0 Å². The van der Waals surface area contributed by atoms with Crippen LogP contribution in [0.3, 0.4) is 0 Å². The highest BCUT2D eigenvalue weighted by Crippen LogP contribution is 2.25. The minimum absolute atomic E-state index is 0.102. The molecule has 1 atom stereocenters. The van der Waals surface area contributed by atoms with E-state index >= 15 is 0 Å². The lowest BCUT2D eigenvalue weighted by atomic mass is 9.98. The van der Waals surface area contributed by atoms with Gasteiger partial charge in [-0.25, -0.2) is 4.98 Å². The summed E-state index contributed by atoms with van der Waals surface area (Å²) >= 11 is 0. The molecule has 0 unspecified atom stereocenters. The first kappa shape index (κ1) is 23.6.